The normalized spacial score (nSPS) is 21.5. The van der Waals surface area contributed by atoms with Gasteiger partial charge in [-0.05, 0) is 49.2 Å². The maximum Gasteiger partial charge on any atom is 0.407 e. The van der Waals surface area contributed by atoms with Gasteiger partial charge in [-0.3, -0.25) is 9.59 Å². The van der Waals surface area contributed by atoms with Gasteiger partial charge in [0.2, 0.25) is 12.2 Å². The van der Waals surface area contributed by atoms with Crippen molar-refractivity contribution in [1.29, 1.82) is 0 Å². The number of ether oxygens (including phenoxy) is 2. The van der Waals surface area contributed by atoms with Crippen molar-refractivity contribution in [2.45, 2.75) is 69.2 Å². The summed E-state index contributed by atoms with van der Waals surface area (Å²) in [6.45, 7) is 0.368. The summed E-state index contributed by atoms with van der Waals surface area (Å²) in [5.74, 6) is -0.220. The number of carboxylic acid groups (broad SMARTS) is 1. The standard InChI is InChI=1S/C30H41N3O10/c34-19-23-25(36)26(37)27(38)29(43-23)42-22-13-11-21(12-14-22)32-24(35)15-18-33(30(40)41)17-8-3-1-2-7-16-31-28(39)20-9-5-4-6-10-20/h4-6,9-14,23,25-27,29,34,36-38H,1-3,7-8,15-19H2,(H,31,39)(H,32,35)(H,40,41). The molecule has 2 aromatic rings. The molecule has 0 aliphatic carbocycles. The highest BCUT2D eigenvalue weighted by molar-refractivity contribution is 5.94. The van der Waals surface area contributed by atoms with Crippen LogP contribution < -0.4 is 15.4 Å². The van der Waals surface area contributed by atoms with E-state index in [0.29, 0.717) is 30.8 Å². The highest BCUT2D eigenvalue weighted by atomic mass is 16.7. The van der Waals surface area contributed by atoms with Crippen molar-refractivity contribution in [2.75, 3.05) is 31.6 Å². The van der Waals surface area contributed by atoms with E-state index in [1.165, 1.54) is 17.0 Å². The van der Waals surface area contributed by atoms with Crippen molar-refractivity contribution < 1.29 is 49.4 Å². The predicted molar refractivity (Wildman–Crippen MR) is 156 cm³/mol. The van der Waals surface area contributed by atoms with Crippen LogP contribution >= 0.6 is 0 Å². The number of nitrogens with zero attached hydrogens (tertiary/aromatic N) is 1. The lowest BCUT2D eigenvalue weighted by atomic mass is 9.99. The number of rotatable bonds is 16. The van der Waals surface area contributed by atoms with E-state index < -0.39 is 43.4 Å². The van der Waals surface area contributed by atoms with Gasteiger partial charge in [-0.1, -0.05) is 37.5 Å². The van der Waals surface area contributed by atoms with E-state index >= 15 is 0 Å². The van der Waals surface area contributed by atoms with Gasteiger partial charge in [0.25, 0.3) is 5.91 Å². The number of hydrogen-bond acceptors (Lipinski definition) is 9. The topological polar surface area (TPSA) is 198 Å². The number of aliphatic hydroxyl groups is 4. The average Bonchev–Trinajstić information content (AvgIpc) is 3.01. The Morgan fingerprint density at radius 1 is 0.837 bits per heavy atom. The molecule has 0 radical (unpaired) electrons. The first-order chi connectivity index (χ1) is 20.7. The highest BCUT2D eigenvalue weighted by Crippen LogP contribution is 2.25. The fraction of sp³-hybridized carbons (Fsp3) is 0.500. The van der Waals surface area contributed by atoms with E-state index in [1.54, 1.807) is 24.3 Å². The monoisotopic (exact) mass is 603 g/mol. The second kappa shape index (κ2) is 17.4. The Labute approximate surface area is 250 Å². The fourth-order valence-corrected chi connectivity index (χ4v) is 4.53. The van der Waals surface area contributed by atoms with Crippen molar-refractivity contribution in [3.63, 3.8) is 0 Å². The minimum Gasteiger partial charge on any atom is -0.465 e. The second-order valence-corrected chi connectivity index (χ2v) is 10.3. The van der Waals surface area contributed by atoms with Gasteiger partial charge in [0.05, 0.1) is 6.61 Å². The Bertz CT molecular complexity index is 1150. The summed E-state index contributed by atoms with van der Waals surface area (Å²) < 4.78 is 10.8. The van der Waals surface area contributed by atoms with Crippen LogP contribution in [0.4, 0.5) is 10.5 Å². The molecule has 43 heavy (non-hydrogen) atoms. The van der Waals surface area contributed by atoms with E-state index in [2.05, 4.69) is 10.6 Å². The molecule has 5 unspecified atom stereocenters. The summed E-state index contributed by atoms with van der Waals surface area (Å²) in [6.07, 6.45) is -4.00. The third-order valence-electron chi connectivity index (χ3n) is 7.04. The number of amides is 3. The summed E-state index contributed by atoms with van der Waals surface area (Å²) in [5, 5.41) is 54.2. The van der Waals surface area contributed by atoms with Gasteiger partial charge in [0.1, 0.15) is 30.2 Å². The molecule has 2 aromatic carbocycles. The lowest BCUT2D eigenvalue weighted by Gasteiger charge is -2.39. The molecule has 0 aromatic heterocycles. The first kappa shape index (κ1) is 33.7. The first-order valence-corrected chi connectivity index (χ1v) is 14.4. The number of aliphatic hydroxyl groups excluding tert-OH is 4. The number of unbranched alkanes of at least 4 members (excludes halogenated alkanes) is 4. The molecule has 1 aliphatic heterocycles. The van der Waals surface area contributed by atoms with Crippen molar-refractivity contribution >= 4 is 23.6 Å². The quantitative estimate of drug-likeness (QED) is 0.138. The molecule has 0 spiro atoms. The van der Waals surface area contributed by atoms with Crippen LogP contribution in [-0.4, -0.2) is 105 Å². The van der Waals surface area contributed by atoms with Crippen LogP contribution in [0.3, 0.4) is 0 Å². The number of carbonyl (C=O) groups is 3. The third kappa shape index (κ3) is 10.8. The van der Waals surface area contributed by atoms with Gasteiger partial charge in [-0.2, -0.15) is 0 Å². The molecule has 1 aliphatic rings. The summed E-state index contributed by atoms with van der Waals surface area (Å²) in [5.41, 5.74) is 1.07. The van der Waals surface area contributed by atoms with Gasteiger partial charge < -0.3 is 50.5 Å². The maximum atomic E-state index is 12.4. The fourth-order valence-electron chi connectivity index (χ4n) is 4.53. The first-order valence-electron chi connectivity index (χ1n) is 14.4. The van der Waals surface area contributed by atoms with E-state index in [-0.39, 0.29) is 30.5 Å². The van der Waals surface area contributed by atoms with Crippen molar-refractivity contribution in [2.24, 2.45) is 0 Å². The SMILES string of the molecule is O=C(CCN(CCCCCCCNC(=O)c1ccccc1)C(=O)O)Nc1ccc(OC2OC(CO)C(O)C(O)C2O)cc1. The summed E-state index contributed by atoms with van der Waals surface area (Å²) >= 11 is 0. The molecule has 13 nitrogen and oxygen atoms in total. The molecule has 3 amide bonds. The Kier molecular flexibility index (Phi) is 13.6. The minimum atomic E-state index is -1.56. The Morgan fingerprint density at radius 2 is 1.51 bits per heavy atom. The number of nitrogens with one attached hydrogen (secondary N) is 2. The van der Waals surface area contributed by atoms with E-state index in [1.807, 2.05) is 18.2 Å². The van der Waals surface area contributed by atoms with Crippen LogP contribution in [0.15, 0.2) is 54.6 Å². The maximum absolute atomic E-state index is 12.4. The zero-order chi connectivity index (χ0) is 31.2. The lowest BCUT2D eigenvalue weighted by molar-refractivity contribution is -0.277. The highest BCUT2D eigenvalue weighted by Gasteiger charge is 2.44. The molecular formula is C30H41N3O10. The van der Waals surface area contributed by atoms with Crippen LogP contribution in [0.5, 0.6) is 5.75 Å². The number of benzene rings is 2. The number of carbonyl (C=O) groups excluding carboxylic acids is 2. The molecule has 7 N–H and O–H groups in total. The van der Waals surface area contributed by atoms with Gasteiger partial charge in [-0.15, -0.1) is 0 Å². The van der Waals surface area contributed by atoms with Crippen LogP contribution in [0.1, 0.15) is 48.9 Å². The van der Waals surface area contributed by atoms with Gasteiger partial charge in [0, 0.05) is 37.3 Å². The summed E-state index contributed by atoms with van der Waals surface area (Å²) in [4.78, 5) is 37.3. The Morgan fingerprint density at radius 3 is 2.19 bits per heavy atom. The smallest absolute Gasteiger partial charge is 0.407 e. The lowest BCUT2D eigenvalue weighted by Crippen LogP contribution is -2.60. The molecule has 236 valence electrons. The number of hydrogen-bond donors (Lipinski definition) is 7. The molecular weight excluding hydrogens is 562 g/mol. The molecule has 1 heterocycles. The zero-order valence-electron chi connectivity index (χ0n) is 23.9. The predicted octanol–water partition coefficient (Wildman–Crippen LogP) is 1.55. The minimum absolute atomic E-state index is 0.0312. The molecule has 13 heteroatoms. The van der Waals surface area contributed by atoms with Crippen LogP contribution in [0, 0.1) is 0 Å². The van der Waals surface area contributed by atoms with E-state index in [0.717, 1.165) is 25.7 Å². The molecule has 1 saturated heterocycles. The molecule has 0 saturated carbocycles. The zero-order valence-corrected chi connectivity index (χ0v) is 23.9. The van der Waals surface area contributed by atoms with Crippen molar-refractivity contribution in [3.8, 4) is 5.75 Å². The van der Waals surface area contributed by atoms with E-state index in [4.69, 9.17) is 9.47 Å². The van der Waals surface area contributed by atoms with E-state index in [9.17, 15) is 39.9 Å². The third-order valence-corrected chi connectivity index (χ3v) is 7.04. The largest absolute Gasteiger partial charge is 0.465 e. The average molecular weight is 604 g/mol. The van der Waals surface area contributed by atoms with Gasteiger partial charge in [-0.25, -0.2) is 4.79 Å². The molecule has 0 bridgehead atoms. The Balaban J connectivity index is 1.31. The molecule has 3 rings (SSSR count). The van der Waals surface area contributed by atoms with Crippen molar-refractivity contribution in [1.82, 2.24) is 10.2 Å². The summed E-state index contributed by atoms with van der Waals surface area (Å²) in [7, 11) is 0. The number of anilines is 1. The van der Waals surface area contributed by atoms with Crippen LogP contribution in [0.2, 0.25) is 0 Å². The van der Waals surface area contributed by atoms with Gasteiger partial charge in [0.15, 0.2) is 0 Å². The van der Waals surface area contributed by atoms with Crippen LogP contribution in [0.25, 0.3) is 0 Å². The second-order valence-electron chi connectivity index (χ2n) is 10.3. The Hall–Kier alpha value is -3.75. The molecule has 5 atom stereocenters. The summed E-state index contributed by atoms with van der Waals surface area (Å²) in [6, 6.07) is 15.1. The molecule has 1 fully saturated rings. The van der Waals surface area contributed by atoms with Crippen LogP contribution in [-0.2, 0) is 9.53 Å². The van der Waals surface area contributed by atoms with Gasteiger partial charge >= 0.3 is 6.09 Å². The van der Waals surface area contributed by atoms with Crippen molar-refractivity contribution in [3.05, 3.63) is 60.2 Å².